The molecule has 2 heterocycles. The van der Waals surface area contributed by atoms with Crippen LogP contribution in [0.25, 0.3) is 21.6 Å². The van der Waals surface area contributed by atoms with E-state index in [0.29, 0.717) is 5.69 Å². The minimum absolute atomic E-state index is 0.155. The maximum atomic E-state index is 11.9. The monoisotopic (exact) mass is 336 g/mol. The van der Waals surface area contributed by atoms with Crippen molar-refractivity contribution in [2.75, 3.05) is 0 Å². The van der Waals surface area contributed by atoms with E-state index in [9.17, 15) is 4.79 Å². The van der Waals surface area contributed by atoms with Gasteiger partial charge >= 0.3 is 0 Å². The summed E-state index contributed by atoms with van der Waals surface area (Å²) < 4.78 is 0.988. The molecule has 0 aliphatic carbocycles. The summed E-state index contributed by atoms with van der Waals surface area (Å²) in [4.78, 5) is 20.0. The largest absolute Gasteiger partial charge is 0.319 e. The lowest BCUT2D eigenvalue weighted by molar-refractivity contribution is 1.23. The molecular weight excluding hydrogens is 324 g/mol. The lowest BCUT2D eigenvalue weighted by Gasteiger charge is -1.99. The predicted molar refractivity (Wildman–Crippen MR) is 84.7 cm³/mol. The van der Waals surface area contributed by atoms with Gasteiger partial charge in [-0.3, -0.25) is 4.79 Å². The molecule has 5 heteroatoms. The number of H-pyrrole nitrogens is 1. The first-order valence-electron chi connectivity index (χ1n) is 5.99. The molecule has 0 radical (unpaired) electrons. The fourth-order valence-corrected chi connectivity index (χ4v) is 3.01. The molecule has 0 fully saturated rings. The van der Waals surface area contributed by atoms with Gasteiger partial charge in [-0.05, 0) is 40.2 Å². The molecule has 0 aliphatic heterocycles. The van der Waals surface area contributed by atoms with Crippen LogP contribution >= 0.6 is 27.3 Å². The van der Waals surface area contributed by atoms with E-state index in [1.807, 2.05) is 50.2 Å². The first kappa shape index (κ1) is 14.0. The number of halogens is 1. The van der Waals surface area contributed by atoms with E-state index in [2.05, 4.69) is 25.9 Å². The Morgan fingerprint density at radius 1 is 1.16 bits per heavy atom. The molecule has 2 aromatic heterocycles. The number of rotatable bonds is 1. The van der Waals surface area contributed by atoms with Gasteiger partial charge in [-0.25, -0.2) is 4.98 Å². The number of para-hydroxylation sites is 2. The molecule has 0 saturated heterocycles. The third-order valence-electron chi connectivity index (χ3n) is 2.41. The highest BCUT2D eigenvalue weighted by atomic mass is 79.9. The summed E-state index contributed by atoms with van der Waals surface area (Å²) in [5, 5.41) is 0. The summed E-state index contributed by atoms with van der Waals surface area (Å²) in [7, 11) is 0. The third-order valence-corrected chi connectivity index (χ3v) is 4.04. The Hall–Kier alpha value is -1.46. The molecule has 1 N–H and O–H groups in total. The van der Waals surface area contributed by atoms with E-state index >= 15 is 0 Å². The molecule has 3 nitrogen and oxygen atoms in total. The lowest BCUT2D eigenvalue weighted by atomic mass is 10.3. The van der Waals surface area contributed by atoms with Crippen LogP contribution in [-0.2, 0) is 0 Å². The van der Waals surface area contributed by atoms with Gasteiger partial charge in [0.1, 0.15) is 5.69 Å². The van der Waals surface area contributed by atoms with Crippen molar-refractivity contribution in [3.63, 3.8) is 0 Å². The summed E-state index contributed by atoms with van der Waals surface area (Å²) in [6.45, 7) is 4.00. The number of nitrogens with zero attached hydrogens (tertiary/aromatic N) is 1. The van der Waals surface area contributed by atoms with Gasteiger partial charge in [0, 0.05) is 0 Å². The fourth-order valence-electron chi connectivity index (χ4n) is 1.64. The molecule has 0 aliphatic rings. The second-order valence-corrected chi connectivity index (χ2v) is 6.00. The topological polar surface area (TPSA) is 45.8 Å². The molecule has 98 valence electrons. The van der Waals surface area contributed by atoms with Crippen LogP contribution < -0.4 is 5.56 Å². The van der Waals surface area contributed by atoms with Crippen molar-refractivity contribution in [1.29, 1.82) is 0 Å². The maximum absolute atomic E-state index is 11.9. The fraction of sp³-hybridized carbons (Fsp3) is 0.143. The van der Waals surface area contributed by atoms with Crippen LogP contribution in [0.1, 0.15) is 13.8 Å². The molecule has 19 heavy (non-hydrogen) atoms. The molecule has 0 unspecified atom stereocenters. The van der Waals surface area contributed by atoms with E-state index < -0.39 is 0 Å². The molecule has 0 atom stereocenters. The van der Waals surface area contributed by atoms with Gasteiger partial charge in [-0.1, -0.05) is 26.0 Å². The smallest absolute Gasteiger partial charge is 0.275 e. The summed E-state index contributed by atoms with van der Waals surface area (Å²) in [6.07, 6.45) is 0. The molecule has 0 amide bonds. The Balaban J connectivity index is 0.000000637. The zero-order valence-electron chi connectivity index (χ0n) is 10.6. The van der Waals surface area contributed by atoms with E-state index in [-0.39, 0.29) is 5.56 Å². The van der Waals surface area contributed by atoms with E-state index in [0.717, 1.165) is 19.7 Å². The summed E-state index contributed by atoms with van der Waals surface area (Å²) in [5.41, 5.74) is 1.88. The Labute approximate surface area is 123 Å². The van der Waals surface area contributed by atoms with Gasteiger partial charge in [0.25, 0.3) is 5.56 Å². The Bertz CT molecular complexity index is 748. The number of aromatic amines is 1. The van der Waals surface area contributed by atoms with Crippen LogP contribution in [0.3, 0.4) is 0 Å². The van der Waals surface area contributed by atoms with Gasteiger partial charge in [0.05, 0.1) is 19.7 Å². The van der Waals surface area contributed by atoms with Crippen molar-refractivity contribution in [1.82, 2.24) is 9.97 Å². The summed E-state index contributed by atoms with van der Waals surface area (Å²) in [5.74, 6) is 0. The highest BCUT2D eigenvalue weighted by molar-refractivity contribution is 9.11. The van der Waals surface area contributed by atoms with Crippen molar-refractivity contribution in [3.8, 4) is 10.6 Å². The Kier molecular flexibility index (Phi) is 4.50. The summed E-state index contributed by atoms with van der Waals surface area (Å²) >= 11 is 4.88. The number of aromatic nitrogens is 2. The Morgan fingerprint density at radius 2 is 1.89 bits per heavy atom. The molecule has 3 rings (SSSR count). The predicted octanol–water partition coefficient (Wildman–Crippen LogP) is 4.44. The van der Waals surface area contributed by atoms with E-state index in [4.69, 9.17) is 0 Å². The molecular formula is C14H13BrN2OS. The number of fused-ring (bicyclic) bond motifs is 1. The zero-order chi connectivity index (χ0) is 13.8. The van der Waals surface area contributed by atoms with Crippen LogP contribution in [-0.4, -0.2) is 9.97 Å². The third kappa shape index (κ3) is 2.93. The minimum atomic E-state index is -0.155. The van der Waals surface area contributed by atoms with Crippen LogP contribution in [0.5, 0.6) is 0 Å². The number of benzene rings is 1. The van der Waals surface area contributed by atoms with Crippen molar-refractivity contribution in [2.45, 2.75) is 13.8 Å². The second kappa shape index (κ2) is 6.12. The number of hydrogen-bond acceptors (Lipinski definition) is 3. The van der Waals surface area contributed by atoms with Crippen LogP contribution in [0, 0.1) is 0 Å². The van der Waals surface area contributed by atoms with Gasteiger partial charge in [-0.15, -0.1) is 11.3 Å². The molecule has 0 bridgehead atoms. The second-order valence-electron chi connectivity index (χ2n) is 3.54. The first-order valence-corrected chi connectivity index (χ1v) is 7.60. The number of nitrogens with one attached hydrogen (secondary N) is 1. The van der Waals surface area contributed by atoms with Crippen LogP contribution in [0.15, 0.2) is 45.0 Å². The SMILES string of the molecule is CC.O=c1[nH]c2ccccc2nc1-c1ccc(Br)s1. The standard InChI is InChI=1S/C12H7BrN2OS.C2H6/c13-10-6-5-9(17-10)11-12(16)15-8-4-2-1-3-7(8)14-11;1-2/h1-6H,(H,15,16);1-2H3. The van der Waals surface area contributed by atoms with Crippen molar-refractivity contribution < 1.29 is 0 Å². The average molecular weight is 337 g/mol. The molecule has 0 saturated carbocycles. The maximum Gasteiger partial charge on any atom is 0.275 e. The Morgan fingerprint density at radius 3 is 2.58 bits per heavy atom. The van der Waals surface area contributed by atoms with Gasteiger partial charge in [-0.2, -0.15) is 0 Å². The molecule has 1 aromatic carbocycles. The van der Waals surface area contributed by atoms with E-state index in [1.54, 1.807) is 0 Å². The molecule has 0 spiro atoms. The normalized spacial score (nSPS) is 10.1. The van der Waals surface area contributed by atoms with Crippen LogP contribution in [0.4, 0.5) is 0 Å². The number of hydrogen-bond donors (Lipinski definition) is 1. The quantitative estimate of drug-likeness (QED) is 0.713. The average Bonchev–Trinajstić information content (AvgIpc) is 2.87. The molecule has 3 aromatic rings. The van der Waals surface area contributed by atoms with Crippen molar-refractivity contribution in [3.05, 3.63) is 50.5 Å². The van der Waals surface area contributed by atoms with Crippen molar-refractivity contribution >= 4 is 38.3 Å². The van der Waals surface area contributed by atoms with E-state index in [1.165, 1.54) is 11.3 Å². The number of thiophene rings is 1. The van der Waals surface area contributed by atoms with Gasteiger partial charge in [0.2, 0.25) is 0 Å². The summed E-state index contributed by atoms with van der Waals surface area (Å²) in [6, 6.07) is 11.3. The highest BCUT2D eigenvalue weighted by Crippen LogP contribution is 2.28. The highest BCUT2D eigenvalue weighted by Gasteiger charge is 2.09. The zero-order valence-corrected chi connectivity index (χ0v) is 13.0. The van der Waals surface area contributed by atoms with Crippen LogP contribution in [0.2, 0.25) is 0 Å². The van der Waals surface area contributed by atoms with Crippen molar-refractivity contribution in [2.24, 2.45) is 0 Å². The van der Waals surface area contributed by atoms with Gasteiger partial charge in [0.15, 0.2) is 0 Å². The minimum Gasteiger partial charge on any atom is -0.319 e. The van der Waals surface area contributed by atoms with Gasteiger partial charge < -0.3 is 4.98 Å². The first-order chi connectivity index (χ1) is 9.24. The lowest BCUT2D eigenvalue weighted by Crippen LogP contribution is -2.10.